The van der Waals surface area contributed by atoms with Gasteiger partial charge in [0.15, 0.2) is 11.5 Å². The van der Waals surface area contributed by atoms with Gasteiger partial charge in [0.05, 0.1) is 14.2 Å². The van der Waals surface area contributed by atoms with Gasteiger partial charge in [0.1, 0.15) is 0 Å². The Labute approximate surface area is 99.6 Å². The standard InChI is InChI=1S/C12H18O2.C2H6/c1-12(2,3)9-7-6-8-10(13-4)11(9)14-5;1-2/h6-8H,1-5H3;1-2H3. The first kappa shape index (κ1) is 14.8. The summed E-state index contributed by atoms with van der Waals surface area (Å²) in [4.78, 5) is 0. The van der Waals surface area contributed by atoms with Crippen LogP contribution >= 0.6 is 0 Å². The molecule has 0 heterocycles. The molecule has 0 amide bonds. The molecule has 0 N–H and O–H groups in total. The van der Waals surface area contributed by atoms with Crippen molar-refractivity contribution in [3.05, 3.63) is 23.8 Å². The molecule has 2 heteroatoms. The van der Waals surface area contributed by atoms with E-state index in [-0.39, 0.29) is 5.41 Å². The number of para-hydroxylation sites is 1. The van der Waals surface area contributed by atoms with Crippen molar-refractivity contribution in [1.29, 1.82) is 0 Å². The van der Waals surface area contributed by atoms with E-state index in [4.69, 9.17) is 9.47 Å². The van der Waals surface area contributed by atoms with Crippen LogP contribution in [-0.4, -0.2) is 14.2 Å². The lowest BCUT2D eigenvalue weighted by Crippen LogP contribution is -2.13. The Morgan fingerprint density at radius 2 is 1.50 bits per heavy atom. The monoisotopic (exact) mass is 224 g/mol. The maximum atomic E-state index is 5.37. The molecule has 0 radical (unpaired) electrons. The van der Waals surface area contributed by atoms with Crippen LogP contribution in [0.25, 0.3) is 0 Å². The summed E-state index contributed by atoms with van der Waals surface area (Å²) in [5.74, 6) is 1.63. The molecular weight excluding hydrogens is 200 g/mol. The lowest BCUT2D eigenvalue weighted by Gasteiger charge is -2.23. The zero-order chi connectivity index (χ0) is 12.8. The van der Waals surface area contributed by atoms with Crippen LogP contribution < -0.4 is 9.47 Å². The van der Waals surface area contributed by atoms with E-state index in [9.17, 15) is 0 Å². The lowest BCUT2D eigenvalue weighted by molar-refractivity contribution is 0.345. The molecule has 0 bridgehead atoms. The first-order chi connectivity index (χ1) is 7.50. The van der Waals surface area contributed by atoms with Gasteiger partial charge in [-0.05, 0) is 11.5 Å². The molecular formula is C14H24O2. The fourth-order valence-electron chi connectivity index (χ4n) is 1.48. The molecule has 0 atom stereocenters. The Kier molecular flexibility index (Phi) is 5.94. The molecule has 16 heavy (non-hydrogen) atoms. The van der Waals surface area contributed by atoms with E-state index < -0.39 is 0 Å². The van der Waals surface area contributed by atoms with Crippen LogP contribution in [0, 0.1) is 0 Å². The normalized spacial score (nSPS) is 10.2. The van der Waals surface area contributed by atoms with Crippen LogP contribution in [0.4, 0.5) is 0 Å². The second-order valence-corrected chi connectivity index (χ2v) is 4.29. The first-order valence-corrected chi connectivity index (χ1v) is 5.72. The minimum atomic E-state index is 0.0693. The smallest absolute Gasteiger partial charge is 0.164 e. The number of hydrogen-bond donors (Lipinski definition) is 0. The molecule has 0 saturated heterocycles. The number of rotatable bonds is 2. The van der Waals surface area contributed by atoms with E-state index in [0.29, 0.717) is 0 Å². The van der Waals surface area contributed by atoms with E-state index in [1.807, 2.05) is 26.0 Å². The fourth-order valence-corrected chi connectivity index (χ4v) is 1.48. The Bertz CT molecular complexity index is 311. The Hall–Kier alpha value is -1.18. The highest BCUT2D eigenvalue weighted by atomic mass is 16.5. The molecule has 0 aromatic heterocycles. The van der Waals surface area contributed by atoms with E-state index in [0.717, 1.165) is 11.5 Å². The highest BCUT2D eigenvalue weighted by molar-refractivity contribution is 5.49. The van der Waals surface area contributed by atoms with E-state index >= 15 is 0 Å². The average molecular weight is 224 g/mol. The minimum absolute atomic E-state index is 0.0693. The minimum Gasteiger partial charge on any atom is -0.493 e. The predicted octanol–water partition coefficient (Wildman–Crippen LogP) is 4.03. The summed E-state index contributed by atoms with van der Waals surface area (Å²) >= 11 is 0. The van der Waals surface area contributed by atoms with Crippen LogP contribution in [-0.2, 0) is 5.41 Å². The van der Waals surface area contributed by atoms with E-state index in [1.54, 1.807) is 14.2 Å². The highest BCUT2D eigenvalue weighted by Gasteiger charge is 2.20. The van der Waals surface area contributed by atoms with Gasteiger partial charge in [0.2, 0.25) is 0 Å². The van der Waals surface area contributed by atoms with Gasteiger partial charge in [-0.2, -0.15) is 0 Å². The Morgan fingerprint density at radius 1 is 0.938 bits per heavy atom. The van der Waals surface area contributed by atoms with Crippen molar-refractivity contribution in [2.45, 2.75) is 40.0 Å². The number of hydrogen-bond acceptors (Lipinski definition) is 2. The molecule has 0 aliphatic heterocycles. The van der Waals surface area contributed by atoms with Gasteiger partial charge < -0.3 is 9.47 Å². The van der Waals surface area contributed by atoms with Gasteiger partial charge in [0, 0.05) is 5.56 Å². The summed E-state index contributed by atoms with van der Waals surface area (Å²) in [6.07, 6.45) is 0. The topological polar surface area (TPSA) is 18.5 Å². The molecule has 1 rings (SSSR count). The van der Waals surface area contributed by atoms with Crippen LogP contribution in [0.15, 0.2) is 18.2 Å². The van der Waals surface area contributed by atoms with Crippen molar-refractivity contribution in [1.82, 2.24) is 0 Å². The van der Waals surface area contributed by atoms with Gasteiger partial charge in [-0.15, -0.1) is 0 Å². The zero-order valence-corrected chi connectivity index (χ0v) is 11.5. The van der Waals surface area contributed by atoms with Gasteiger partial charge in [-0.3, -0.25) is 0 Å². The van der Waals surface area contributed by atoms with Gasteiger partial charge in [-0.1, -0.05) is 46.8 Å². The average Bonchev–Trinajstić information content (AvgIpc) is 2.29. The van der Waals surface area contributed by atoms with Gasteiger partial charge >= 0.3 is 0 Å². The quantitative estimate of drug-likeness (QED) is 0.755. The molecule has 1 aromatic carbocycles. The summed E-state index contributed by atoms with van der Waals surface area (Å²) in [5, 5.41) is 0. The van der Waals surface area contributed by atoms with Crippen molar-refractivity contribution in [3.63, 3.8) is 0 Å². The molecule has 0 fully saturated rings. The van der Waals surface area contributed by atoms with E-state index in [1.165, 1.54) is 5.56 Å². The van der Waals surface area contributed by atoms with Crippen LogP contribution in [0.5, 0.6) is 11.5 Å². The Morgan fingerprint density at radius 3 is 1.88 bits per heavy atom. The van der Waals surface area contributed by atoms with Crippen molar-refractivity contribution in [3.8, 4) is 11.5 Å². The number of ether oxygens (including phenoxy) is 2. The maximum absolute atomic E-state index is 5.37. The van der Waals surface area contributed by atoms with Crippen LogP contribution in [0.3, 0.4) is 0 Å². The molecule has 2 nitrogen and oxygen atoms in total. The summed E-state index contributed by atoms with van der Waals surface area (Å²) in [5.41, 5.74) is 1.24. The largest absolute Gasteiger partial charge is 0.493 e. The van der Waals surface area contributed by atoms with Crippen molar-refractivity contribution in [2.24, 2.45) is 0 Å². The molecule has 0 aliphatic rings. The van der Waals surface area contributed by atoms with E-state index in [2.05, 4.69) is 26.8 Å². The van der Waals surface area contributed by atoms with Gasteiger partial charge in [0.25, 0.3) is 0 Å². The molecule has 0 spiro atoms. The third kappa shape index (κ3) is 3.44. The SMILES string of the molecule is CC.COc1cccc(C(C)(C)C)c1OC. The predicted molar refractivity (Wildman–Crippen MR) is 69.6 cm³/mol. The molecule has 92 valence electrons. The van der Waals surface area contributed by atoms with Crippen LogP contribution in [0.2, 0.25) is 0 Å². The maximum Gasteiger partial charge on any atom is 0.164 e. The summed E-state index contributed by atoms with van der Waals surface area (Å²) in [6, 6.07) is 5.97. The molecule has 0 unspecified atom stereocenters. The van der Waals surface area contributed by atoms with Crippen molar-refractivity contribution >= 4 is 0 Å². The Balaban J connectivity index is 0.00000106. The fraction of sp³-hybridized carbons (Fsp3) is 0.571. The summed E-state index contributed by atoms with van der Waals surface area (Å²) in [6.45, 7) is 10.5. The zero-order valence-electron chi connectivity index (χ0n) is 11.5. The lowest BCUT2D eigenvalue weighted by atomic mass is 9.86. The molecule has 0 aliphatic carbocycles. The third-order valence-corrected chi connectivity index (χ3v) is 2.21. The highest BCUT2D eigenvalue weighted by Crippen LogP contribution is 2.37. The van der Waals surface area contributed by atoms with Crippen molar-refractivity contribution < 1.29 is 9.47 Å². The number of methoxy groups -OCH3 is 2. The molecule has 1 aromatic rings. The second-order valence-electron chi connectivity index (χ2n) is 4.29. The summed E-state index contributed by atoms with van der Waals surface area (Å²) in [7, 11) is 3.33. The third-order valence-electron chi connectivity index (χ3n) is 2.21. The first-order valence-electron chi connectivity index (χ1n) is 5.72. The summed E-state index contributed by atoms with van der Waals surface area (Å²) < 4.78 is 10.6. The van der Waals surface area contributed by atoms with Crippen molar-refractivity contribution in [2.75, 3.05) is 14.2 Å². The molecule has 0 saturated carbocycles. The number of benzene rings is 1. The second kappa shape index (κ2) is 6.41. The van der Waals surface area contributed by atoms with Crippen LogP contribution in [0.1, 0.15) is 40.2 Å². The van der Waals surface area contributed by atoms with Gasteiger partial charge in [-0.25, -0.2) is 0 Å².